The Balaban J connectivity index is 0.000000487. The van der Waals surface area contributed by atoms with Crippen LogP contribution in [0.15, 0.2) is 18.2 Å². The van der Waals surface area contributed by atoms with Gasteiger partial charge in [0.05, 0.1) is 5.60 Å². The van der Waals surface area contributed by atoms with Crippen molar-refractivity contribution >= 4 is 23.5 Å². The van der Waals surface area contributed by atoms with Gasteiger partial charge < -0.3 is 20.2 Å². The number of aliphatic carboxylic acids is 2. The van der Waals surface area contributed by atoms with Crippen LogP contribution in [0.5, 0.6) is 0 Å². The van der Waals surface area contributed by atoms with Gasteiger partial charge >= 0.3 is 11.9 Å². The first kappa shape index (κ1) is 22.3. The molecule has 1 fully saturated rings. The predicted octanol–water partition coefficient (Wildman–Crippen LogP) is 2.66. The summed E-state index contributed by atoms with van der Waals surface area (Å²) in [5.41, 5.74) is -0.306. The average molecular weight is 390 g/mol. The molecule has 0 amide bonds. The summed E-state index contributed by atoms with van der Waals surface area (Å²) in [7, 11) is 4.02. The molecule has 1 aliphatic carbocycles. The summed E-state index contributed by atoms with van der Waals surface area (Å²) in [6.45, 7) is 0.832. The molecule has 0 unspecified atom stereocenters. The Kier molecular flexibility index (Phi) is 8.46. The van der Waals surface area contributed by atoms with E-state index < -0.39 is 17.5 Å². The van der Waals surface area contributed by atoms with Gasteiger partial charge in [-0.05, 0) is 50.7 Å². The zero-order valence-corrected chi connectivity index (χ0v) is 15.7. The second-order valence-electron chi connectivity index (χ2n) is 6.83. The van der Waals surface area contributed by atoms with E-state index in [0.29, 0.717) is 17.0 Å². The minimum absolute atomic E-state index is 0.185. The molecule has 0 spiro atoms. The summed E-state index contributed by atoms with van der Waals surface area (Å²) in [4.78, 5) is 20.3. The van der Waals surface area contributed by atoms with E-state index in [-0.39, 0.29) is 11.7 Å². The molecule has 0 heterocycles. The van der Waals surface area contributed by atoms with Gasteiger partial charge in [0, 0.05) is 23.9 Å². The summed E-state index contributed by atoms with van der Waals surface area (Å²) < 4.78 is 13.9. The van der Waals surface area contributed by atoms with Crippen LogP contribution in [-0.4, -0.2) is 58.4 Å². The maximum atomic E-state index is 13.9. The molecule has 2 rings (SSSR count). The standard InChI is InChI=1S/C16H23ClFNO.C2H2O4/c1-19(2)11-13-5-3-4-8-16(13,20)10-12-9-14(17)6-7-15(12)18;3-1(4)2(5)6/h6-7,9,13,20H,3-5,8,10-11H2,1-2H3;(H,3,4)(H,5,6)/t13-,16-;/m0./s1. The van der Waals surface area contributed by atoms with E-state index in [1.807, 2.05) is 14.1 Å². The Labute approximate surface area is 157 Å². The van der Waals surface area contributed by atoms with Gasteiger partial charge in [0.25, 0.3) is 0 Å². The molecule has 0 radical (unpaired) electrons. The average Bonchev–Trinajstić information content (AvgIpc) is 2.53. The molecular formula is C18H25ClFNO5. The number of nitrogens with zero attached hydrogens (tertiary/aromatic N) is 1. The van der Waals surface area contributed by atoms with Crippen LogP contribution in [0.25, 0.3) is 0 Å². The molecule has 6 nitrogen and oxygen atoms in total. The minimum Gasteiger partial charge on any atom is -0.473 e. The summed E-state index contributed by atoms with van der Waals surface area (Å²) in [6, 6.07) is 4.56. The Bertz CT molecular complexity index is 628. The number of carboxylic acids is 2. The van der Waals surface area contributed by atoms with E-state index in [0.717, 1.165) is 32.2 Å². The van der Waals surface area contributed by atoms with Crippen molar-refractivity contribution in [3.8, 4) is 0 Å². The second-order valence-corrected chi connectivity index (χ2v) is 7.27. The lowest BCUT2D eigenvalue weighted by Gasteiger charge is -2.41. The van der Waals surface area contributed by atoms with Gasteiger partial charge in [-0.1, -0.05) is 24.4 Å². The van der Waals surface area contributed by atoms with E-state index in [9.17, 15) is 9.50 Å². The molecule has 1 aromatic carbocycles. The zero-order valence-electron chi connectivity index (χ0n) is 14.9. The normalized spacial score (nSPS) is 22.5. The Hall–Kier alpha value is -1.70. The van der Waals surface area contributed by atoms with Gasteiger partial charge in [0.1, 0.15) is 5.82 Å². The molecule has 0 saturated heterocycles. The lowest BCUT2D eigenvalue weighted by atomic mass is 9.72. The first-order chi connectivity index (χ1) is 12.0. The molecule has 1 saturated carbocycles. The molecule has 3 N–H and O–H groups in total. The fraction of sp³-hybridized carbons (Fsp3) is 0.556. The molecule has 1 aliphatic rings. The molecule has 26 heavy (non-hydrogen) atoms. The van der Waals surface area contributed by atoms with Gasteiger partial charge in [0.2, 0.25) is 0 Å². The SMILES string of the molecule is CN(C)C[C@@H]1CCCC[C@]1(O)Cc1cc(Cl)ccc1F.O=C(O)C(=O)O. The Morgan fingerprint density at radius 3 is 2.42 bits per heavy atom. The van der Waals surface area contributed by atoms with Gasteiger partial charge in [-0.25, -0.2) is 14.0 Å². The molecule has 0 aliphatic heterocycles. The largest absolute Gasteiger partial charge is 0.473 e. The quantitative estimate of drug-likeness (QED) is 0.685. The van der Waals surface area contributed by atoms with Crippen molar-refractivity contribution in [3.63, 3.8) is 0 Å². The molecular weight excluding hydrogens is 365 g/mol. The summed E-state index contributed by atoms with van der Waals surface area (Å²) in [6.07, 6.45) is 4.22. The van der Waals surface area contributed by atoms with Crippen molar-refractivity contribution < 1.29 is 29.3 Å². The van der Waals surface area contributed by atoms with Crippen molar-refractivity contribution in [2.24, 2.45) is 5.92 Å². The highest BCUT2D eigenvalue weighted by Crippen LogP contribution is 2.37. The monoisotopic (exact) mass is 389 g/mol. The van der Waals surface area contributed by atoms with E-state index in [1.165, 1.54) is 6.07 Å². The van der Waals surface area contributed by atoms with Crippen LogP contribution in [0, 0.1) is 11.7 Å². The third-order valence-electron chi connectivity index (χ3n) is 4.45. The molecule has 0 aromatic heterocycles. The Morgan fingerprint density at radius 2 is 1.88 bits per heavy atom. The number of carboxylic acid groups (broad SMARTS) is 2. The molecule has 0 bridgehead atoms. The highest BCUT2D eigenvalue weighted by Gasteiger charge is 2.39. The zero-order chi connectivity index (χ0) is 19.9. The first-order valence-corrected chi connectivity index (χ1v) is 8.70. The maximum Gasteiger partial charge on any atom is 0.414 e. The third-order valence-corrected chi connectivity index (χ3v) is 4.68. The lowest BCUT2D eigenvalue weighted by molar-refractivity contribution is -0.159. The van der Waals surface area contributed by atoms with Crippen molar-refractivity contribution in [2.45, 2.75) is 37.7 Å². The van der Waals surface area contributed by atoms with E-state index in [1.54, 1.807) is 12.1 Å². The van der Waals surface area contributed by atoms with Crippen LogP contribution in [0.1, 0.15) is 31.2 Å². The molecule has 1 aromatic rings. The summed E-state index contributed by atoms with van der Waals surface area (Å²) in [5, 5.41) is 26.3. The number of hydrogen-bond donors (Lipinski definition) is 3. The van der Waals surface area contributed by atoms with Gasteiger partial charge in [-0.15, -0.1) is 0 Å². The number of halogens is 2. The summed E-state index contributed by atoms with van der Waals surface area (Å²) >= 11 is 5.94. The van der Waals surface area contributed by atoms with Crippen LogP contribution < -0.4 is 0 Å². The van der Waals surface area contributed by atoms with Crippen molar-refractivity contribution in [2.75, 3.05) is 20.6 Å². The van der Waals surface area contributed by atoms with E-state index >= 15 is 0 Å². The van der Waals surface area contributed by atoms with Gasteiger partial charge in [-0.2, -0.15) is 0 Å². The van der Waals surface area contributed by atoms with E-state index in [4.69, 9.17) is 31.4 Å². The number of aliphatic hydroxyl groups is 1. The van der Waals surface area contributed by atoms with Crippen LogP contribution in [0.4, 0.5) is 4.39 Å². The molecule has 146 valence electrons. The van der Waals surface area contributed by atoms with Gasteiger partial charge in [-0.3, -0.25) is 0 Å². The highest BCUT2D eigenvalue weighted by molar-refractivity contribution is 6.30. The molecule has 2 atom stereocenters. The van der Waals surface area contributed by atoms with Crippen molar-refractivity contribution in [1.82, 2.24) is 4.90 Å². The van der Waals surface area contributed by atoms with Crippen molar-refractivity contribution in [3.05, 3.63) is 34.6 Å². The number of benzene rings is 1. The highest BCUT2D eigenvalue weighted by atomic mass is 35.5. The first-order valence-electron chi connectivity index (χ1n) is 8.32. The fourth-order valence-electron chi connectivity index (χ4n) is 3.24. The molecule has 8 heteroatoms. The number of carbonyl (C=O) groups is 2. The predicted molar refractivity (Wildman–Crippen MR) is 95.8 cm³/mol. The van der Waals surface area contributed by atoms with Crippen molar-refractivity contribution in [1.29, 1.82) is 0 Å². The third kappa shape index (κ3) is 6.90. The fourth-order valence-corrected chi connectivity index (χ4v) is 3.43. The topological polar surface area (TPSA) is 98.1 Å². The minimum atomic E-state index is -1.82. The maximum absolute atomic E-state index is 13.9. The summed E-state index contributed by atoms with van der Waals surface area (Å²) in [5.74, 6) is -3.74. The van der Waals surface area contributed by atoms with Crippen LogP contribution in [0.3, 0.4) is 0 Å². The van der Waals surface area contributed by atoms with Crippen LogP contribution >= 0.6 is 11.6 Å². The Morgan fingerprint density at radius 1 is 1.27 bits per heavy atom. The van der Waals surface area contributed by atoms with E-state index in [2.05, 4.69) is 4.90 Å². The van der Waals surface area contributed by atoms with Crippen LogP contribution in [0.2, 0.25) is 5.02 Å². The number of rotatable bonds is 4. The number of hydrogen-bond acceptors (Lipinski definition) is 4. The smallest absolute Gasteiger partial charge is 0.414 e. The van der Waals surface area contributed by atoms with Crippen LogP contribution in [-0.2, 0) is 16.0 Å². The second kappa shape index (κ2) is 9.85. The van der Waals surface area contributed by atoms with Gasteiger partial charge in [0.15, 0.2) is 0 Å². The lowest BCUT2D eigenvalue weighted by Crippen LogP contribution is -2.47.